The van der Waals surface area contributed by atoms with Crippen LogP contribution in [0.3, 0.4) is 0 Å². The van der Waals surface area contributed by atoms with Crippen molar-refractivity contribution in [3.8, 4) is 12.3 Å². The maximum atomic E-state index is 12.5. The summed E-state index contributed by atoms with van der Waals surface area (Å²) in [6.45, 7) is -0.513. The Morgan fingerprint density at radius 3 is 2.81 bits per heavy atom. The molecule has 3 atom stereocenters. The molecule has 1 fully saturated rings. The lowest BCUT2D eigenvalue weighted by atomic mass is 9.99. The SMILES string of the molecule is C#C[C@]1(CO)O[C@@H](n2ccc3c(NC(=O)CCCc4ccccc4)nc(Cl)nc32)C[C@@H]1O. The van der Waals surface area contributed by atoms with E-state index in [1.54, 1.807) is 16.8 Å². The molecule has 3 aromatic rings. The van der Waals surface area contributed by atoms with Crippen molar-refractivity contribution in [1.29, 1.82) is 0 Å². The number of fused-ring (bicyclic) bond motifs is 1. The third kappa shape index (κ3) is 4.33. The number of nitrogens with one attached hydrogen (secondary N) is 1. The van der Waals surface area contributed by atoms with E-state index < -0.39 is 24.5 Å². The molecule has 9 heteroatoms. The quantitative estimate of drug-likeness (QED) is 0.374. The number of hydrogen-bond donors (Lipinski definition) is 3. The van der Waals surface area contributed by atoms with Gasteiger partial charge in [-0.1, -0.05) is 36.3 Å². The van der Waals surface area contributed by atoms with Gasteiger partial charge in [-0.2, -0.15) is 9.97 Å². The molecule has 0 aliphatic carbocycles. The van der Waals surface area contributed by atoms with Crippen LogP contribution in [0.4, 0.5) is 5.82 Å². The molecule has 0 spiro atoms. The van der Waals surface area contributed by atoms with Gasteiger partial charge in [-0.3, -0.25) is 4.79 Å². The lowest BCUT2D eigenvalue weighted by Crippen LogP contribution is -2.41. The summed E-state index contributed by atoms with van der Waals surface area (Å²) in [7, 11) is 0. The van der Waals surface area contributed by atoms with Gasteiger partial charge in [0.2, 0.25) is 11.2 Å². The van der Waals surface area contributed by atoms with Gasteiger partial charge in [0, 0.05) is 19.0 Å². The van der Waals surface area contributed by atoms with E-state index in [0.29, 0.717) is 29.7 Å². The molecule has 0 saturated carbocycles. The van der Waals surface area contributed by atoms with E-state index in [2.05, 4.69) is 21.2 Å². The van der Waals surface area contributed by atoms with Crippen LogP contribution in [0.1, 0.15) is 31.1 Å². The molecular formula is C23H23ClN4O4. The summed E-state index contributed by atoms with van der Waals surface area (Å²) in [5, 5.41) is 23.3. The Morgan fingerprint density at radius 2 is 2.12 bits per heavy atom. The van der Waals surface area contributed by atoms with Crippen LogP contribution in [-0.4, -0.2) is 49.0 Å². The summed E-state index contributed by atoms with van der Waals surface area (Å²) in [6, 6.07) is 11.7. The number of carbonyl (C=O) groups is 1. The van der Waals surface area contributed by atoms with Gasteiger partial charge in [0.25, 0.3) is 0 Å². The number of hydrogen-bond acceptors (Lipinski definition) is 6. The standard InChI is InChI=1S/C23H23ClN4O4/c1-2-23(14-29)17(30)13-19(32-23)28-12-11-16-20(26-22(24)27-21(16)28)25-18(31)10-6-9-15-7-4-3-5-8-15/h1,3-5,7-8,11-12,17,19,29-30H,6,9-10,13-14H2,(H,25,26,27,31)/t17-,19+,23+/m0/s1. The molecule has 1 aromatic carbocycles. The highest BCUT2D eigenvalue weighted by atomic mass is 35.5. The number of aromatic nitrogens is 3. The average molecular weight is 455 g/mol. The van der Waals surface area contributed by atoms with E-state index in [0.717, 1.165) is 6.42 Å². The monoisotopic (exact) mass is 454 g/mol. The Bertz CT molecular complexity index is 1160. The highest BCUT2D eigenvalue weighted by Gasteiger charge is 2.47. The fraction of sp³-hybridized carbons (Fsp3) is 0.348. The van der Waals surface area contributed by atoms with Crippen molar-refractivity contribution in [3.63, 3.8) is 0 Å². The molecule has 0 unspecified atom stereocenters. The number of halogens is 1. The Hall–Kier alpha value is -2.96. The fourth-order valence-electron chi connectivity index (χ4n) is 3.87. The van der Waals surface area contributed by atoms with Gasteiger partial charge >= 0.3 is 0 Å². The molecule has 1 aliphatic rings. The number of aliphatic hydroxyl groups excluding tert-OH is 2. The summed E-state index contributed by atoms with van der Waals surface area (Å²) >= 11 is 6.12. The molecule has 4 rings (SSSR count). The molecular weight excluding hydrogens is 432 g/mol. The first kappa shape index (κ1) is 22.2. The summed E-state index contributed by atoms with van der Waals surface area (Å²) in [4.78, 5) is 20.9. The van der Waals surface area contributed by atoms with Gasteiger partial charge in [-0.25, -0.2) is 0 Å². The van der Waals surface area contributed by atoms with E-state index in [9.17, 15) is 15.0 Å². The Kier molecular flexibility index (Phi) is 6.44. The van der Waals surface area contributed by atoms with Gasteiger partial charge in [-0.15, -0.1) is 6.42 Å². The van der Waals surface area contributed by atoms with Crippen LogP contribution < -0.4 is 5.32 Å². The van der Waals surface area contributed by atoms with E-state index in [4.69, 9.17) is 22.8 Å². The summed E-state index contributed by atoms with van der Waals surface area (Å²) < 4.78 is 7.46. The second-order valence-corrected chi connectivity index (χ2v) is 8.04. The molecule has 32 heavy (non-hydrogen) atoms. The van der Waals surface area contributed by atoms with Crippen LogP contribution in [0.15, 0.2) is 42.6 Å². The lowest BCUT2D eigenvalue weighted by Gasteiger charge is -2.23. The van der Waals surface area contributed by atoms with Crippen molar-refractivity contribution in [2.45, 2.75) is 43.6 Å². The third-order valence-electron chi connectivity index (χ3n) is 5.61. The number of amides is 1. The molecule has 3 N–H and O–H groups in total. The molecule has 0 bridgehead atoms. The molecule has 3 heterocycles. The Morgan fingerprint density at radius 1 is 1.34 bits per heavy atom. The minimum Gasteiger partial charge on any atom is -0.392 e. The first-order valence-electron chi connectivity index (χ1n) is 10.3. The highest BCUT2D eigenvalue weighted by molar-refractivity contribution is 6.28. The second-order valence-electron chi connectivity index (χ2n) is 7.70. The third-order valence-corrected chi connectivity index (χ3v) is 5.78. The van der Waals surface area contributed by atoms with Gasteiger partial charge in [-0.05, 0) is 36.1 Å². The number of aliphatic hydroxyl groups is 2. The van der Waals surface area contributed by atoms with Crippen molar-refractivity contribution in [3.05, 3.63) is 53.4 Å². The van der Waals surface area contributed by atoms with E-state index >= 15 is 0 Å². The van der Waals surface area contributed by atoms with Crippen LogP contribution in [0.25, 0.3) is 11.0 Å². The van der Waals surface area contributed by atoms with E-state index in [1.807, 2.05) is 30.3 Å². The molecule has 1 amide bonds. The summed E-state index contributed by atoms with van der Waals surface area (Å²) in [5.74, 6) is 2.47. The first-order valence-corrected chi connectivity index (χ1v) is 10.7. The van der Waals surface area contributed by atoms with Crippen molar-refractivity contribution in [2.75, 3.05) is 11.9 Å². The van der Waals surface area contributed by atoms with Crippen LogP contribution in [0.2, 0.25) is 5.28 Å². The van der Waals surface area contributed by atoms with E-state index in [1.165, 1.54) is 5.56 Å². The zero-order valence-corrected chi connectivity index (χ0v) is 18.0. The summed E-state index contributed by atoms with van der Waals surface area (Å²) in [6.07, 6.45) is 7.47. The number of aryl methyl sites for hydroxylation is 1. The lowest BCUT2D eigenvalue weighted by molar-refractivity contribution is -0.116. The highest BCUT2D eigenvalue weighted by Crippen LogP contribution is 2.38. The van der Waals surface area contributed by atoms with Crippen molar-refractivity contribution in [2.24, 2.45) is 0 Å². The number of ether oxygens (including phenoxy) is 1. The normalized spacial score (nSPS) is 22.7. The van der Waals surface area contributed by atoms with Gasteiger partial charge in [0.1, 0.15) is 23.8 Å². The Labute approximate surface area is 190 Å². The van der Waals surface area contributed by atoms with Gasteiger partial charge < -0.3 is 24.8 Å². The first-order chi connectivity index (χ1) is 15.5. The summed E-state index contributed by atoms with van der Waals surface area (Å²) in [5.41, 5.74) is 0.121. The number of terminal acetylenes is 1. The van der Waals surface area contributed by atoms with Gasteiger partial charge in [0.15, 0.2) is 5.60 Å². The maximum absolute atomic E-state index is 12.5. The molecule has 1 aliphatic heterocycles. The van der Waals surface area contributed by atoms with E-state index in [-0.39, 0.29) is 17.6 Å². The van der Waals surface area contributed by atoms with Crippen LogP contribution in [0.5, 0.6) is 0 Å². The number of nitrogens with zero attached hydrogens (tertiary/aromatic N) is 3. The minimum atomic E-state index is -1.48. The maximum Gasteiger partial charge on any atom is 0.226 e. The second kappa shape index (κ2) is 9.27. The van der Waals surface area contributed by atoms with Crippen LogP contribution in [-0.2, 0) is 16.0 Å². The topological polar surface area (TPSA) is 110 Å². The number of anilines is 1. The predicted octanol–water partition coefficient (Wildman–Crippen LogP) is 2.69. The molecule has 8 nitrogen and oxygen atoms in total. The molecule has 2 aromatic heterocycles. The number of carbonyl (C=O) groups excluding carboxylic acids is 1. The Balaban J connectivity index is 1.50. The molecule has 0 radical (unpaired) electrons. The van der Waals surface area contributed by atoms with Gasteiger partial charge in [0.05, 0.1) is 12.0 Å². The molecule has 166 valence electrons. The minimum absolute atomic E-state index is 0.0408. The zero-order valence-electron chi connectivity index (χ0n) is 17.2. The number of rotatable bonds is 7. The number of benzene rings is 1. The zero-order chi connectivity index (χ0) is 22.7. The smallest absolute Gasteiger partial charge is 0.226 e. The van der Waals surface area contributed by atoms with Crippen molar-refractivity contribution < 1.29 is 19.7 Å². The van der Waals surface area contributed by atoms with Crippen LogP contribution in [0, 0.1) is 12.3 Å². The fourth-order valence-corrected chi connectivity index (χ4v) is 4.03. The van der Waals surface area contributed by atoms with Crippen molar-refractivity contribution >= 4 is 34.4 Å². The predicted molar refractivity (Wildman–Crippen MR) is 120 cm³/mol. The molecule has 1 saturated heterocycles. The van der Waals surface area contributed by atoms with Crippen molar-refractivity contribution in [1.82, 2.24) is 14.5 Å². The average Bonchev–Trinajstić information content (AvgIpc) is 3.35. The van der Waals surface area contributed by atoms with Crippen LogP contribution >= 0.6 is 11.6 Å². The largest absolute Gasteiger partial charge is 0.392 e.